The second-order valence-corrected chi connectivity index (χ2v) is 20.6. The van der Waals surface area contributed by atoms with Crippen LogP contribution in [0.15, 0.2) is 11.6 Å². The third-order valence-corrected chi connectivity index (χ3v) is 15.6. The van der Waals surface area contributed by atoms with Crippen molar-refractivity contribution in [2.45, 2.75) is 154 Å². The molecule has 0 radical (unpaired) electrons. The van der Waals surface area contributed by atoms with Crippen LogP contribution >= 0.6 is 0 Å². The van der Waals surface area contributed by atoms with Crippen LogP contribution in [-0.2, 0) is 37.6 Å². The van der Waals surface area contributed by atoms with Crippen molar-refractivity contribution >= 4 is 14.3 Å². The molecule has 1 rings (SSSR count). The molecule has 13 heteroatoms. The molecule has 1 aliphatic heterocycles. The minimum atomic E-state index is -1.91. The maximum absolute atomic E-state index is 12.2. The molecule has 0 aromatic carbocycles. The summed E-state index contributed by atoms with van der Waals surface area (Å²) in [5, 5.41) is 45.0. The number of hydrogen-bond donors (Lipinski definition) is 4. The molecule has 10 atom stereocenters. The fourth-order valence-electron chi connectivity index (χ4n) is 6.19. The van der Waals surface area contributed by atoms with Gasteiger partial charge >= 0.3 is 5.97 Å². The standard InChI is InChI=1S/C36H70O12Si/c1-15-25(21-47-49(13,14)34(4,5)6)16-23(2)28(37)17-26(43-10)20-31(38)35(7,8)36(41)24(3)29(44-11)18-27(48-36)19-30(45-12)32(33(39)40)46-22-42-9/h16,24-32,37-38,41H,15,17-22H2,1-14H3,(H,39,40)/b23-16-/t24-,25?,26-,27-,28-,29-,30-,31+,32+,36?/m0/s1. The van der Waals surface area contributed by atoms with Gasteiger partial charge in [0.15, 0.2) is 20.2 Å². The molecule has 0 bridgehead atoms. The molecule has 1 aliphatic rings. The first-order valence-electron chi connectivity index (χ1n) is 17.6. The number of hydrogen-bond acceptors (Lipinski definition) is 11. The molecule has 1 fully saturated rings. The minimum Gasteiger partial charge on any atom is -0.479 e. The Morgan fingerprint density at radius 1 is 1.06 bits per heavy atom. The minimum absolute atomic E-state index is 0.0798. The first kappa shape index (κ1) is 46.0. The Labute approximate surface area is 296 Å². The third-order valence-electron chi connectivity index (χ3n) is 11.1. The molecule has 0 aliphatic carbocycles. The van der Waals surface area contributed by atoms with E-state index in [1.807, 2.05) is 6.92 Å². The fraction of sp³-hybridized carbons (Fsp3) is 0.917. The highest BCUT2D eigenvalue weighted by Crippen LogP contribution is 2.49. The SMILES string of the molecule is CCC(/C=C(/C)[C@@H](O)C[C@@H](C[C@@H](O)C(C)(C)C1(O)O[C@H](C[C@H](OC)[C@@H](OCOC)C(=O)O)C[C@H](OC)[C@@H]1C)OC)CO[Si](C)(C)C(C)(C)C. The van der Waals surface area contributed by atoms with Crippen LogP contribution in [0.2, 0.25) is 18.1 Å². The van der Waals surface area contributed by atoms with E-state index in [4.69, 9.17) is 32.8 Å². The summed E-state index contributed by atoms with van der Waals surface area (Å²) in [4.78, 5) is 12.0. The molecule has 49 heavy (non-hydrogen) atoms. The molecule has 12 nitrogen and oxygen atoms in total. The lowest BCUT2D eigenvalue weighted by molar-refractivity contribution is -0.365. The number of rotatable bonds is 22. The summed E-state index contributed by atoms with van der Waals surface area (Å²) >= 11 is 0. The molecule has 0 spiro atoms. The first-order valence-corrected chi connectivity index (χ1v) is 20.5. The van der Waals surface area contributed by atoms with Crippen LogP contribution in [0.25, 0.3) is 0 Å². The number of carboxylic acids is 1. The van der Waals surface area contributed by atoms with Crippen molar-refractivity contribution in [1.82, 2.24) is 0 Å². The quantitative estimate of drug-likeness (QED) is 0.0663. The maximum atomic E-state index is 12.2. The van der Waals surface area contributed by atoms with Gasteiger partial charge in [-0.15, -0.1) is 0 Å². The molecule has 0 amide bonds. The predicted molar refractivity (Wildman–Crippen MR) is 191 cm³/mol. The molecule has 0 saturated carbocycles. The average molecular weight is 723 g/mol. The van der Waals surface area contributed by atoms with E-state index in [1.165, 1.54) is 14.2 Å². The van der Waals surface area contributed by atoms with Crippen molar-refractivity contribution in [1.29, 1.82) is 0 Å². The smallest absolute Gasteiger partial charge is 0.335 e. The molecular formula is C36H70O12Si. The normalized spacial score (nSPS) is 26.6. The van der Waals surface area contributed by atoms with Gasteiger partial charge in [-0.05, 0) is 43.0 Å². The number of ether oxygens (including phenoxy) is 6. The van der Waals surface area contributed by atoms with Gasteiger partial charge in [-0.3, -0.25) is 0 Å². The lowest BCUT2D eigenvalue weighted by Crippen LogP contribution is -2.64. The maximum Gasteiger partial charge on any atom is 0.335 e. The molecule has 2 unspecified atom stereocenters. The zero-order chi connectivity index (χ0) is 38.0. The number of aliphatic hydroxyl groups is 3. The van der Waals surface area contributed by atoms with Crippen LogP contribution in [0, 0.1) is 17.3 Å². The Morgan fingerprint density at radius 2 is 1.67 bits per heavy atom. The Kier molecular flexibility index (Phi) is 18.6. The molecule has 0 aromatic heterocycles. The number of carbonyl (C=O) groups is 1. The van der Waals surface area contributed by atoms with E-state index in [1.54, 1.807) is 35.0 Å². The van der Waals surface area contributed by atoms with Crippen LogP contribution in [0.1, 0.15) is 87.5 Å². The van der Waals surface area contributed by atoms with E-state index in [0.717, 1.165) is 12.0 Å². The van der Waals surface area contributed by atoms with E-state index < -0.39 is 74.1 Å². The van der Waals surface area contributed by atoms with E-state index in [0.29, 0.717) is 13.0 Å². The third kappa shape index (κ3) is 12.3. The van der Waals surface area contributed by atoms with Crippen molar-refractivity contribution < 1.29 is 58.1 Å². The van der Waals surface area contributed by atoms with E-state index >= 15 is 0 Å². The van der Waals surface area contributed by atoms with Gasteiger partial charge in [-0.2, -0.15) is 0 Å². The zero-order valence-corrected chi connectivity index (χ0v) is 33.8. The van der Waals surface area contributed by atoms with Crippen molar-refractivity contribution in [3.63, 3.8) is 0 Å². The second kappa shape index (κ2) is 19.7. The molecule has 1 saturated heterocycles. The molecule has 290 valence electrons. The van der Waals surface area contributed by atoms with Gasteiger partial charge < -0.3 is 53.3 Å². The topological polar surface area (TPSA) is 163 Å². The number of carboxylic acid groups (broad SMARTS) is 1. The summed E-state index contributed by atoms with van der Waals surface area (Å²) in [5.41, 5.74) is -0.429. The monoisotopic (exact) mass is 722 g/mol. The fourth-order valence-corrected chi connectivity index (χ4v) is 7.26. The molecular weight excluding hydrogens is 652 g/mol. The number of aliphatic hydroxyl groups excluding tert-OH is 2. The van der Waals surface area contributed by atoms with Gasteiger partial charge in [0.2, 0.25) is 0 Å². The Hall–Kier alpha value is -0.973. The molecule has 0 aromatic rings. The summed E-state index contributed by atoms with van der Waals surface area (Å²) in [6, 6.07) is 0. The Balaban J connectivity index is 3.13. The number of aliphatic carboxylic acids is 1. The first-order chi connectivity index (χ1) is 22.6. The predicted octanol–water partition coefficient (Wildman–Crippen LogP) is 5.13. The lowest BCUT2D eigenvalue weighted by atomic mass is 9.67. The van der Waals surface area contributed by atoms with Crippen LogP contribution in [0.3, 0.4) is 0 Å². The van der Waals surface area contributed by atoms with Gasteiger partial charge in [0, 0.05) is 72.1 Å². The Bertz CT molecular complexity index is 1010. The average Bonchev–Trinajstić information content (AvgIpc) is 3.02. The second-order valence-electron chi connectivity index (χ2n) is 15.8. The zero-order valence-electron chi connectivity index (χ0n) is 32.8. The van der Waals surface area contributed by atoms with Crippen molar-refractivity contribution in [2.75, 3.05) is 41.8 Å². The van der Waals surface area contributed by atoms with Gasteiger partial charge in [0.1, 0.15) is 6.79 Å². The highest BCUT2D eigenvalue weighted by molar-refractivity contribution is 6.74. The van der Waals surface area contributed by atoms with Crippen molar-refractivity contribution in [2.24, 2.45) is 17.3 Å². The molecule has 4 N–H and O–H groups in total. The van der Waals surface area contributed by atoms with Crippen LogP contribution in [0.5, 0.6) is 0 Å². The van der Waals surface area contributed by atoms with E-state index in [9.17, 15) is 25.2 Å². The van der Waals surface area contributed by atoms with E-state index in [-0.39, 0.29) is 37.0 Å². The molecule has 1 heterocycles. The van der Waals surface area contributed by atoms with Crippen LogP contribution in [0.4, 0.5) is 0 Å². The van der Waals surface area contributed by atoms with Gasteiger partial charge in [-0.25, -0.2) is 4.79 Å². The van der Waals surface area contributed by atoms with Crippen molar-refractivity contribution in [3.8, 4) is 0 Å². The number of methoxy groups -OCH3 is 4. The highest BCUT2D eigenvalue weighted by Gasteiger charge is 2.59. The van der Waals surface area contributed by atoms with Gasteiger partial charge in [0.05, 0.1) is 36.6 Å². The Morgan fingerprint density at radius 3 is 2.14 bits per heavy atom. The highest BCUT2D eigenvalue weighted by atomic mass is 28.4. The van der Waals surface area contributed by atoms with Crippen LogP contribution < -0.4 is 0 Å². The lowest BCUT2D eigenvalue weighted by Gasteiger charge is -2.55. The summed E-state index contributed by atoms with van der Waals surface area (Å²) in [6.45, 7) is 20.7. The van der Waals surface area contributed by atoms with Crippen molar-refractivity contribution in [3.05, 3.63) is 11.6 Å². The van der Waals surface area contributed by atoms with Gasteiger partial charge in [0.25, 0.3) is 0 Å². The summed E-state index contributed by atoms with van der Waals surface area (Å²) in [6.07, 6.45) is -2.07. The summed E-state index contributed by atoms with van der Waals surface area (Å²) in [5.74, 6) is -3.50. The largest absolute Gasteiger partial charge is 0.479 e. The van der Waals surface area contributed by atoms with Gasteiger partial charge in [-0.1, -0.05) is 54.5 Å². The summed E-state index contributed by atoms with van der Waals surface area (Å²) < 4.78 is 40.1. The van der Waals surface area contributed by atoms with E-state index in [2.05, 4.69) is 46.9 Å². The van der Waals surface area contributed by atoms with Crippen LogP contribution in [-0.4, -0.2) is 125 Å². The summed E-state index contributed by atoms with van der Waals surface area (Å²) in [7, 11) is 3.96.